The standard InChI is InChI=1S/C47H28N2O2S/c1-2-11-31(12-3-1)47-48-46-40(51-47)27-26-39-45(46)36-25-24-33(28-41(36)50-39)49(38-17-9-19-43-44(38)37-15-6-7-18-42(37)52-43)32-22-20-30(21-23-32)35-16-8-13-29-10-4-5-14-34(29)35/h1-28H. The fourth-order valence-corrected chi connectivity index (χ4v) is 8.85. The largest absolute Gasteiger partial charge is 0.456 e. The van der Waals surface area contributed by atoms with Crippen LogP contribution in [0.1, 0.15) is 0 Å². The number of benzene rings is 8. The highest BCUT2D eigenvalue weighted by Crippen LogP contribution is 2.46. The van der Waals surface area contributed by atoms with Crippen LogP contribution in [0.5, 0.6) is 0 Å². The lowest BCUT2D eigenvalue weighted by Crippen LogP contribution is -2.10. The highest BCUT2D eigenvalue weighted by atomic mass is 32.1. The molecule has 0 aliphatic heterocycles. The predicted octanol–water partition coefficient (Wildman–Crippen LogP) is 14.1. The Balaban J connectivity index is 1.10. The fourth-order valence-electron chi connectivity index (χ4n) is 7.72. The van der Waals surface area contributed by atoms with Gasteiger partial charge in [0.05, 0.1) is 11.1 Å². The van der Waals surface area contributed by atoms with Crippen molar-refractivity contribution in [3.8, 4) is 22.6 Å². The zero-order valence-electron chi connectivity index (χ0n) is 27.8. The third-order valence-electron chi connectivity index (χ3n) is 10.1. The molecule has 0 radical (unpaired) electrons. The lowest BCUT2D eigenvalue weighted by atomic mass is 9.98. The van der Waals surface area contributed by atoms with Crippen molar-refractivity contribution in [2.24, 2.45) is 0 Å². The van der Waals surface area contributed by atoms with Gasteiger partial charge in [0.15, 0.2) is 5.58 Å². The van der Waals surface area contributed by atoms with E-state index >= 15 is 0 Å². The molecule has 0 N–H and O–H groups in total. The number of fused-ring (bicyclic) bond motifs is 9. The molecule has 11 rings (SSSR count). The van der Waals surface area contributed by atoms with Gasteiger partial charge in [-0.05, 0) is 88.6 Å². The molecule has 52 heavy (non-hydrogen) atoms. The highest BCUT2D eigenvalue weighted by Gasteiger charge is 2.22. The predicted molar refractivity (Wildman–Crippen MR) is 217 cm³/mol. The lowest BCUT2D eigenvalue weighted by Gasteiger charge is -2.26. The number of anilines is 3. The maximum atomic E-state index is 6.59. The molecule has 8 aromatic carbocycles. The molecule has 0 fully saturated rings. The topological polar surface area (TPSA) is 42.4 Å². The van der Waals surface area contributed by atoms with E-state index in [2.05, 4.69) is 132 Å². The molecule has 0 aliphatic rings. The van der Waals surface area contributed by atoms with Crippen LogP contribution in [0.15, 0.2) is 179 Å². The molecule has 0 spiro atoms. The third-order valence-corrected chi connectivity index (χ3v) is 11.2. The zero-order valence-corrected chi connectivity index (χ0v) is 28.6. The molecule has 0 bridgehead atoms. The second-order valence-corrected chi connectivity index (χ2v) is 14.2. The van der Waals surface area contributed by atoms with Crippen LogP contribution < -0.4 is 4.90 Å². The van der Waals surface area contributed by atoms with Crippen LogP contribution >= 0.6 is 11.3 Å². The monoisotopic (exact) mass is 684 g/mol. The van der Waals surface area contributed by atoms with Gasteiger partial charge in [0.25, 0.3) is 0 Å². The lowest BCUT2D eigenvalue weighted by molar-refractivity contribution is 0.619. The van der Waals surface area contributed by atoms with Crippen molar-refractivity contribution >= 4 is 92.4 Å². The number of aromatic nitrogens is 1. The second kappa shape index (κ2) is 11.4. The Kier molecular flexibility index (Phi) is 6.39. The number of hydrogen-bond donors (Lipinski definition) is 0. The summed E-state index contributed by atoms with van der Waals surface area (Å²) in [5, 5.41) is 6.94. The quantitative estimate of drug-likeness (QED) is 0.181. The molecule has 3 heterocycles. The molecule has 0 unspecified atom stereocenters. The molecule has 0 amide bonds. The molecular weight excluding hydrogens is 657 g/mol. The van der Waals surface area contributed by atoms with Gasteiger partial charge >= 0.3 is 0 Å². The maximum absolute atomic E-state index is 6.59. The van der Waals surface area contributed by atoms with Gasteiger partial charge in [-0.2, -0.15) is 0 Å². The van der Waals surface area contributed by atoms with Crippen molar-refractivity contribution < 1.29 is 8.83 Å². The summed E-state index contributed by atoms with van der Waals surface area (Å²) in [6.45, 7) is 0. The van der Waals surface area contributed by atoms with Crippen LogP contribution in [0, 0.1) is 0 Å². The Labute approximate surface area is 302 Å². The van der Waals surface area contributed by atoms with Crippen LogP contribution in [0.25, 0.3) is 86.6 Å². The van der Waals surface area contributed by atoms with Crippen LogP contribution in [0.2, 0.25) is 0 Å². The van der Waals surface area contributed by atoms with Crippen molar-refractivity contribution in [2.45, 2.75) is 0 Å². The summed E-state index contributed by atoms with van der Waals surface area (Å²) >= 11 is 1.83. The Morgan fingerprint density at radius 2 is 1.19 bits per heavy atom. The van der Waals surface area contributed by atoms with Crippen LogP contribution in [0.3, 0.4) is 0 Å². The molecule has 4 nitrogen and oxygen atoms in total. The van der Waals surface area contributed by atoms with Crippen molar-refractivity contribution in [3.63, 3.8) is 0 Å². The summed E-state index contributed by atoms with van der Waals surface area (Å²) in [4.78, 5) is 7.32. The number of thiophene rings is 1. The Bertz CT molecular complexity index is 3130. The van der Waals surface area contributed by atoms with Gasteiger partial charge < -0.3 is 13.7 Å². The van der Waals surface area contributed by atoms with Gasteiger partial charge in [0.2, 0.25) is 5.89 Å². The van der Waals surface area contributed by atoms with Crippen molar-refractivity contribution in [2.75, 3.05) is 4.90 Å². The van der Waals surface area contributed by atoms with E-state index in [1.807, 2.05) is 53.8 Å². The van der Waals surface area contributed by atoms with E-state index in [9.17, 15) is 0 Å². The molecule has 11 aromatic rings. The van der Waals surface area contributed by atoms with E-state index in [0.29, 0.717) is 5.89 Å². The highest BCUT2D eigenvalue weighted by molar-refractivity contribution is 7.26. The second-order valence-electron chi connectivity index (χ2n) is 13.1. The van der Waals surface area contributed by atoms with Gasteiger partial charge in [-0.3, -0.25) is 0 Å². The number of furan rings is 1. The van der Waals surface area contributed by atoms with Crippen LogP contribution in [-0.2, 0) is 0 Å². The molecule has 244 valence electrons. The van der Waals surface area contributed by atoms with Crippen molar-refractivity contribution in [1.29, 1.82) is 0 Å². The Morgan fingerprint density at radius 3 is 2.10 bits per heavy atom. The first kappa shape index (κ1) is 29.1. The van der Waals surface area contributed by atoms with E-state index < -0.39 is 0 Å². The first-order chi connectivity index (χ1) is 25.8. The summed E-state index contributed by atoms with van der Waals surface area (Å²) in [7, 11) is 0. The molecule has 0 aliphatic carbocycles. The maximum Gasteiger partial charge on any atom is 0.227 e. The van der Waals surface area contributed by atoms with E-state index in [4.69, 9.17) is 13.8 Å². The smallest absolute Gasteiger partial charge is 0.227 e. The van der Waals surface area contributed by atoms with E-state index in [0.717, 1.165) is 55.7 Å². The number of hydrogen-bond acceptors (Lipinski definition) is 5. The minimum atomic E-state index is 0.600. The summed E-state index contributed by atoms with van der Waals surface area (Å²) in [5.74, 6) is 0.600. The fraction of sp³-hybridized carbons (Fsp3) is 0. The summed E-state index contributed by atoms with van der Waals surface area (Å²) in [6, 6.07) is 59.8. The third kappa shape index (κ3) is 4.50. The van der Waals surface area contributed by atoms with Gasteiger partial charge in [0, 0.05) is 48.6 Å². The molecule has 3 aromatic heterocycles. The van der Waals surface area contributed by atoms with E-state index in [1.54, 1.807) is 0 Å². The minimum absolute atomic E-state index is 0.600. The van der Waals surface area contributed by atoms with Crippen molar-refractivity contribution in [1.82, 2.24) is 4.98 Å². The van der Waals surface area contributed by atoms with Gasteiger partial charge in [-0.1, -0.05) is 97.1 Å². The first-order valence-corrected chi connectivity index (χ1v) is 18.2. The number of oxazole rings is 1. The average Bonchev–Trinajstić information content (AvgIpc) is 3.92. The summed E-state index contributed by atoms with van der Waals surface area (Å²) in [6.07, 6.45) is 0. The summed E-state index contributed by atoms with van der Waals surface area (Å²) in [5.41, 5.74) is 9.66. The zero-order chi connectivity index (χ0) is 34.2. The van der Waals surface area contributed by atoms with Crippen LogP contribution in [0.4, 0.5) is 17.1 Å². The van der Waals surface area contributed by atoms with Crippen molar-refractivity contribution in [3.05, 3.63) is 170 Å². The molecule has 0 saturated heterocycles. The Hall–Kier alpha value is -6.69. The molecule has 0 saturated carbocycles. The first-order valence-electron chi connectivity index (χ1n) is 17.4. The van der Waals surface area contributed by atoms with Crippen LogP contribution in [-0.4, -0.2) is 4.98 Å². The van der Waals surface area contributed by atoms with Gasteiger partial charge in [0.1, 0.15) is 16.7 Å². The molecular formula is C47H28N2O2S. The SMILES string of the molecule is c1ccc(-c2nc3c(ccc4oc5cc(N(c6ccc(-c7cccc8ccccc78)cc6)c6cccc7sc8ccccc8c67)ccc5c43)o2)cc1. The molecule has 5 heteroatoms. The average molecular weight is 685 g/mol. The molecule has 0 atom stereocenters. The summed E-state index contributed by atoms with van der Waals surface area (Å²) < 4.78 is 15.4. The van der Waals surface area contributed by atoms with Gasteiger partial charge in [-0.15, -0.1) is 11.3 Å². The Morgan fingerprint density at radius 1 is 0.462 bits per heavy atom. The number of nitrogens with zero attached hydrogens (tertiary/aromatic N) is 2. The van der Waals surface area contributed by atoms with E-state index in [-0.39, 0.29) is 0 Å². The van der Waals surface area contributed by atoms with Gasteiger partial charge in [-0.25, -0.2) is 4.98 Å². The minimum Gasteiger partial charge on any atom is -0.456 e. The normalized spacial score (nSPS) is 11.8. The number of rotatable bonds is 5. The van der Waals surface area contributed by atoms with E-state index in [1.165, 1.54) is 42.1 Å².